The molecule has 0 aromatic heterocycles. The molecule has 0 spiro atoms. The summed E-state index contributed by atoms with van der Waals surface area (Å²) < 4.78 is 0. The number of hydrogen-bond acceptors (Lipinski definition) is 1. The zero-order valence-corrected chi connectivity index (χ0v) is 8.81. The van der Waals surface area contributed by atoms with Crippen LogP contribution in [-0.4, -0.2) is 11.9 Å². The van der Waals surface area contributed by atoms with E-state index in [9.17, 15) is 4.79 Å². The smallest absolute Gasteiger partial charge is 0.207 e. The molecule has 1 amide bonds. The van der Waals surface area contributed by atoms with Gasteiger partial charge in [0, 0.05) is 5.54 Å². The summed E-state index contributed by atoms with van der Waals surface area (Å²) in [6.45, 7) is 4.48. The minimum Gasteiger partial charge on any atom is -0.353 e. The highest BCUT2D eigenvalue weighted by molar-refractivity contribution is 5.48. The molecule has 1 saturated carbocycles. The third-order valence-corrected chi connectivity index (χ3v) is 3.13. The second kappa shape index (κ2) is 4.64. The van der Waals surface area contributed by atoms with E-state index >= 15 is 0 Å². The van der Waals surface area contributed by atoms with E-state index in [1.54, 1.807) is 0 Å². The van der Waals surface area contributed by atoms with Crippen LogP contribution in [0.2, 0.25) is 0 Å². The molecule has 1 aliphatic rings. The fraction of sp³-hybridized carbons (Fsp3) is 0.909. The lowest BCUT2D eigenvalue weighted by atomic mass is 9.89. The van der Waals surface area contributed by atoms with Crippen LogP contribution in [0.4, 0.5) is 0 Å². The Kier molecular flexibility index (Phi) is 3.76. The monoisotopic (exact) mass is 183 g/mol. The van der Waals surface area contributed by atoms with Gasteiger partial charge in [-0.1, -0.05) is 26.7 Å². The highest BCUT2D eigenvalue weighted by atomic mass is 16.1. The Morgan fingerprint density at radius 3 is 2.46 bits per heavy atom. The zero-order chi connectivity index (χ0) is 9.73. The summed E-state index contributed by atoms with van der Waals surface area (Å²) in [5.41, 5.74) is 0.159. The quantitative estimate of drug-likeness (QED) is 0.652. The van der Waals surface area contributed by atoms with Crippen molar-refractivity contribution >= 4 is 6.41 Å². The first-order chi connectivity index (χ1) is 6.18. The predicted octanol–water partition coefficient (Wildman–Crippen LogP) is 2.48. The molecule has 1 N–H and O–H groups in total. The van der Waals surface area contributed by atoms with Crippen LogP contribution in [0.1, 0.15) is 52.4 Å². The van der Waals surface area contributed by atoms with Gasteiger partial charge in [0.25, 0.3) is 0 Å². The lowest BCUT2D eigenvalue weighted by molar-refractivity contribution is -0.111. The number of carbonyl (C=O) groups is 1. The summed E-state index contributed by atoms with van der Waals surface area (Å²) >= 11 is 0. The van der Waals surface area contributed by atoms with E-state index in [2.05, 4.69) is 19.2 Å². The first kappa shape index (κ1) is 10.6. The van der Waals surface area contributed by atoms with E-state index in [1.165, 1.54) is 32.1 Å². The second-order valence-corrected chi connectivity index (χ2v) is 4.68. The number of rotatable bonds is 5. The van der Waals surface area contributed by atoms with E-state index in [4.69, 9.17) is 0 Å². The Labute approximate surface area is 81.1 Å². The molecular formula is C11H21NO. The molecule has 0 heterocycles. The van der Waals surface area contributed by atoms with Gasteiger partial charge in [0.1, 0.15) is 0 Å². The molecule has 0 bridgehead atoms. The third kappa shape index (κ3) is 3.02. The zero-order valence-electron chi connectivity index (χ0n) is 8.81. The van der Waals surface area contributed by atoms with E-state index in [-0.39, 0.29) is 5.54 Å². The van der Waals surface area contributed by atoms with Gasteiger partial charge in [-0.15, -0.1) is 0 Å². The fourth-order valence-electron chi connectivity index (χ4n) is 2.21. The molecule has 13 heavy (non-hydrogen) atoms. The van der Waals surface area contributed by atoms with Gasteiger partial charge in [-0.05, 0) is 31.6 Å². The van der Waals surface area contributed by atoms with Crippen LogP contribution < -0.4 is 5.32 Å². The van der Waals surface area contributed by atoms with Crippen LogP contribution in [0.3, 0.4) is 0 Å². The molecule has 0 saturated heterocycles. The molecule has 0 atom stereocenters. The predicted molar refractivity (Wildman–Crippen MR) is 54.5 cm³/mol. The van der Waals surface area contributed by atoms with Crippen molar-refractivity contribution in [2.45, 2.75) is 57.9 Å². The van der Waals surface area contributed by atoms with Gasteiger partial charge in [-0.25, -0.2) is 0 Å². The van der Waals surface area contributed by atoms with Gasteiger partial charge in [0.15, 0.2) is 0 Å². The summed E-state index contributed by atoms with van der Waals surface area (Å²) in [5, 5.41) is 3.03. The molecule has 0 radical (unpaired) electrons. The van der Waals surface area contributed by atoms with Crippen molar-refractivity contribution in [3.8, 4) is 0 Å². The largest absolute Gasteiger partial charge is 0.353 e. The van der Waals surface area contributed by atoms with E-state index in [0.717, 1.165) is 18.7 Å². The molecule has 0 aromatic carbocycles. The number of amides is 1. The summed E-state index contributed by atoms with van der Waals surface area (Å²) in [5.74, 6) is 0.742. The van der Waals surface area contributed by atoms with E-state index in [1.807, 2.05) is 0 Å². The van der Waals surface area contributed by atoms with Crippen molar-refractivity contribution in [1.82, 2.24) is 5.32 Å². The van der Waals surface area contributed by atoms with Crippen molar-refractivity contribution in [2.75, 3.05) is 0 Å². The molecule has 2 nitrogen and oxygen atoms in total. The Bertz CT molecular complexity index is 159. The average Bonchev–Trinajstić information content (AvgIpc) is 2.51. The lowest BCUT2D eigenvalue weighted by Gasteiger charge is -2.29. The molecule has 1 fully saturated rings. The number of carbonyl (C=O) groups excluding carboxylic acids is 1. The molecule has 0 unspecified atom stereocenters. The molecule has 0 aliphatic heterocycles. The average molecular weight is 183 g/mol. The van der Waals surface area contributed by atoms with Gasteiger partial charge in [0.05, 0.1) is 0 Å². The Morgan fingerprint density at radius 2 is 2.00 bits per heavy atom. The molecule has 1 aliphatic carbocycles. The van der Waals surface area contributed by atoms with E-state index in [0.29, 0.717) is 0 Å². The Balaban J connectivity index is 2.41. The topological polar surface area (TPSA) is 29.1 Å². The van der Waals surface area contributed by atoms with Crippen LogP contribution in [0.15, 0.2) is 0 Å². The van der Waals surface area contributed by atoms with Crippen molar-refractivity contribution < 1.29 is 4.79 Å². The minimum atomic E-state index is 0.159. The van der Waals surface area contributed by atoms with Gasteiger partial charge in [0.2, 0.25) is 6.41 Å². The highest BCUT2D eigenvalue weighted by Crippen LogP contribution is 2.34. The van der Waals surface area contributed by atoms with Crippen LogP contribution in [0, 0.1) is 5.92 Å². The van der Waals surface area contributed by atoms with Gasteiger partial charge >= 0.3 is 0 Å². The third-order valence-electron chi connectivity index (χ3n) is 3.13. The second-order valence-electron chi connectivity index (χ2n) is 4.68. The van der Waals surface area contributed by atoms with Gasteiger partial charge < -0.3 is 5.32 Å². The fourth-order valence-corrected chi connectivity index (χ4v) is 2.21. The van der Waals surface area contributed by atoms with Crippen LogP contribution in [-0.2, 0) is 4.79 Å². The van der Waals surface area contributed by atoms with Crippen molar-refractivity contribution in [2.24, 2.45) is 5.92 Å². The minimum absolute atomic E-state index is 0.159. The van der Waals surface area contributed by atoms with Crippen LogP contribution in [0.25, 0.3) is 0 Å². The normalized spacial score (nSPS) is 20.5. The molecule has 0 aromatic rings. The maximum Gasteiger partial charge on any atom is 0.207 e. The van der Waals surface area contributed by atoms with Crippen molar-refractivity contribution in [3.05, 3.63) is 0 Å². The number of nitrogens with one attached hydrogen (secondary N) is 1. The highest BCUT2D eigenvalue weighted by Gasteiger charge is 2.32. The van der Waals surface area contributed by atoms with Gasteiger partial charge in [-0.2, -0.15) is 0 Å². The summed E-state index contributed by atoms with van der Waals surface area (Å²) in [4.78, 5) is 10.5. The summed E-state index contributed by atoms with van der Waals surface area (Å²) in [6, 6.07) is 0. The standard InChI is InChI=1S/C11H21NO/c1-10(2)5-8-11(12-9-13)6-3-4-7-11/h9-10H,3-8H2,1-2H3,(H,12,13). The van der Waals surface area contributed by atoms with Gasteiger partial charge in [-0.3, -0.25) is 4.79 Å². The van der Waals surface area contributed by atoms with Crippen molar-refractivity contribution in [3.63, 3.8) is 0 Å². The van der Waals surface area contributed by atoms with E-state index < -0.39 is 0 Å². The SMILES string of the molecule is CC(C)CCC1(NC=O)CCCC1. The molecule has 76 valence electrons. The number of hydrogen-bond donors (Lipinski definition) is 1. The first-order valence-electron chi connectivity index (χ1n) is 5.40. The molecule has 1 rings (SSSR count). The molecule has 2 heteroatoms. The van der Waals surface area contributed by atoms with Crippen LogP contribution >= 0.6 is 0 Å². The lowest BCUT2D eigenvalue weighted by Crippen LogP contribution is -2.41. The Hall–Kier alpha value is -0.530. The summed E-state index contributed by atoms with van der Waals surface area (Å²) in [7, 11) is 0. The van der Waals surface area contributed by atoms with Crippen LogP contribution in [0.5, 0.6) is 0 Å². The first-order valence-corrected chi connectivity index (χ1v) is 5.40. The Morgan fingerprint density at radius 1 is 1.38 bits per heavy atom. The maximum atomic E-state index is 10.5. The molecular weight excluding hydrogens is 162 g/mol. The van der Waals surface area contributed by atoms with Crippen molar-refractivity contribution in [1.29, 1.82) is 0 Å². The summed E-state index contributed by atoms with van der Waals surface area (Å²) in [6.07, 6.45) is 8.17. The maximum absolute atomic E-state index is 10.5.